The molecule has 0 atom stereocenters. The van der Waals surface area contributed by atoms with Gasteiger partial charge in [-0.2, -0.15) is 9.65 Å². The predicted molar refractivity (Wildman–Crippen MR) is 122 cm³/mol. The van der Waals surface area contributed by atoms with Crippen LogP contribution >= 0.6 is 0 Å². The van der Waals surface area contributed by atoms with Crippen LogP contribution in [0.25, 0.3) is 0 Å². The van der Waals surface area contributed by atoms with Crippen molar-refractivity contribution in [1.82, 2.24) is 0 Å². The number of nitriles is 1. The number of unbranched alkanes of at least 4 members (excludes halogenated alkanes) is 4. The van der Waals surface area contributed by atoms with Crippen molar-refractivity contribution in [2.75, 3.05) is 6.61 Å². The first-order chi connectivity index (χ1) is 15.6. The first-order valence-corrected chi connectivity index (χ1v) is 11.8. The number of hydrogen-bond acceptors (Lipinski definition) is 3. The lowest BCUT2D eigenvalue weighted by Gasteiger charge is -2.29. The van der Waals surface area contributed by atoms with Gasteiger partial charge in [-0.1, -0.05) is 56.9 Å². The molecule has 172 valence electrons. The van der Waals surface area contributed by atoms with Crippen molar-refractivity contribution < 1.29 is 18.3 Å². The van der Waals surface area contributed by atoms with Crippen molar-refractivity contribution in [3.8, 4) is 11.8 Å². The molecule has 0 bridgehead atoms. The molecular weight excluding hydrogens is 408 g/mol. The minimum Gasteiger partial charge on any atom is -0.486 e. The fourth-order valence-electron chi connectivity index (χ4n) is 4.30. The third kappa shape index (κ3) is 6.77. The maximum absolute atomic E-state index is 14.0. The van der Waals surface area contributed by atoms with E-state index in [1.807, 2.05) is 12.1 Å². The van der Waals surface area contributed by atoms with E-state index >= 15 is 0 Å². The maximum atomic E-state index is 14.0. The molecule has 1 saturated carbocycles. The SMILES string of the molecule is CCCCCCCO[C@H]1CC[C@H](c2ccc(COc3ccc(C#N)c(F)c3F)cc2)CC1. The van der Waals surface area contributed by atoms with Crippen LogP contribution in [0.4, 0.5) is 8.78 Å². The Balaban J connectivity index is 1.42. The van der Waals surface area contributed by atoms with Crippen LogP contribution in [0.15, 0.2) is 36.4 Å². The van der Waals surface area contributed by atoms with Crippen molar-refractivity contribution in [3.05, 3.63) is 64.7 Å². The second-order valence-electron chi connectivity index (χ2n) is 8.64. The molecule has 1 fully saturated rings. The van der Waals surface area contributed by atoms with E-state index in [0.29, 0.717) is 12.0 Å². The number of benzene rings is 2. The molecule has 5 heteroatoms. The third-order valence-electron chi connectivity index (χ3n) is 6.29. The summed E-state index contributed by atoms with van der Waals surface area (Å²) in [4.78, 5) is 0. The van der Waals surface area contributed by atoms with Gasteiger partial charge in [-0.25, -0.2) is 4.39 Å². The van der Waals surface area contributed by atoms with Gasteiger partial charge in [-0.15, -0.1) is 0 Å². The van der Waals surface area contributed by atoms with Crippen molar-refractivity contribution >= 4 is 0 Å². The van der Waals surface area contributed by atoms with Crippen LogP contribution < -0.4 is 4.74 Å². The Morgan fingerprint density at radius 2 is 1.62 bits per heavy atom. The molecule has 0 unspecified atom stereocenters. The number of halogens is 2. The van der Waals surface area contributed by atoms with Gasteiger partial charge in [-0.05, 0) is 61.3 Å². The number of ether oxygens (including phenoxy) is 2. The molecule has 0 N–H and O–H groups in total. The molecule has 0 saturated heterocycles. The average molecular weight is 442 g/mol. The maximum Gasteiger partial charge on any atom is 0.202 e. The molecule has 0 aromatic heterocycles. The molecule has 1 aliphatic carbocycles. The largest absolute Gasteiger partial charge is 0.486 e. The van der Waals surface area contributed by atoms with Gasteiger partial charge in [0, 0.05) is 6.61 Å². The van der Waals surface area contributed by atoms with Crippen molar-refractivity contribution in [1.29, 1.82) is 5.26 Å². The Morgan fingerprint density at radius 1 is 0.906 bits per heavy atom. The van der Waals surface area contributed by atoms with Crippen molar-refractivity contribution in [2.24, 2.45) is 0 Å². The van der Waals surface area contributed by atoms with Gasteiger partial charge in [0.1, 0.15) is 12.7 Å². The monoisotopic (exact) mass is 441 g/mol. The zero-order valence-corrected chi connectivity index (χ0v) is 18.9. The van der Waals surface area contributed by atoms with Gasteiger partial charge in [0.15, 0.2) is 11.6 Å². The Kier molecular flexibility index (Phi) is 9.49. The number of nitrogens with zero attached hydrogens (tertiary/aromatic N) is 1. The molecule has 3 nitrogen and oxygen atoms in total. The van der Waals surface area contributed by atoms with Crippen LogP contribution in [0.3, 0.4) is 0 Å². The molecule has 3 rings (SSSR count). The summed E-state index contributed by atoms with van der Waals surface area (Å²) in [5.41, 5.74) is 1.87. The predicted octanol–water partition coefficient (Wildman–Crippen LogP) is 7.43. The van der Waals surface area contributed by atoms with Crippen LogP contribution in [0.5, 0.6) is 5.75 Å². The summed E-state index contributed by atoms with van der Waals surface area (Å²) >= 11 is 0. The summed E-state index contributed by atoms with van der Waals surface area (Å²) in [6.07, 6.45) is 11.2. The third-order valence-corrected chi connectivity index (χ3v) is 6.29. The van der Waals surface area contributed by atoms with Crippen LogP contribution in [0.2, 0.25) is 0 Å². The Labute approximate surface area is 190 Å². The summed E-state index contributed by atoms with van der Waals surface area (Å²) in [5, 5.41) is 8.76. The van der Waals surface area contributed by atoms with Gasteiger partial charge in [0.2, 0.25) is 5.82 Å². The van der Waals surface area contributed by atoms with E-state index < -0.39 is 11.6 Å². The highest BCUT2D eigenvalue weighted by Gasteiger charge is 2.22. The molecule has 32 heavy (non-hydrogen) atoms. The van der Waals surface area contributed by atoms with Crippen LogP contribution in [-0.4, -0.2) is 12.7 Å². The smallest absolute Gasteiger partial charge is 0.202 e. The molecule has 2 aromatic rings. The van der Waals surface area contributed by atoms with Gasteiger partial charge < -0.3 is 9.47 Å². The van der Waals surface area contributed by atoms with E-state index in [9.17, 15) is 8.78 Å². The van der Waals surface area contributed by atoms with Gasteiger partial charge >= 0.3 is 0 Å². The highest BCUT2D eigenvalue weighted by Crippen LogP contribution is 2.34. The molecular formula is C27H33F2NO2. The summed E-state index contributed by atoms with van der Waals surface area (Å²) in [5.74, 6) is -1.94. The first-order valence-electron chi connectivity index (χ1n) is 11.8. The summed E-state index contributed by atoms with van der Waals surface area (Å²) < 4.78 is 39.2. The molecule has 0 radical (unpaired) electrons. The summed E-state index contributed by atoms with van der Waals surface area (Å²) in [6.45, 7) is 3.26. The van der Waals surface area contributed by atoms with E-state index in [-0.39, 0.29) is 17.9 Å². The van der Waals surface area contributed by atoms with Crippen LogP contribution in [-0.2, 0) is 11.3 Å². The Hall–Kier alpha value is -2.45. The normalized spacial score (nSPS) is 18.3. The minimum absolute atomic E-state index is 0.140. The zero-order valence-electron chi connectivity index (χ0n) is 18.9. The molecule has 1 aliphatic rings. The fraction of sp³-hybridized carbons (Fsp3) is 0.519. The van der Waals surface area contributed by atoms with Crippen molar-refractivity contribution in [3.63, 3.8) is 0 Å². The fourth-order valence-corrected chi connectivity index (χ4v) is 4.30. The minimum atomic E-state index is -1.17. The molecule has 0 aliphatic heterocycles. The second-order valence-corrected chi connectivity index (χ2v) is 8.64. The highest BCUT2D eigenvalue weighted by atomic mass is 19.2. The first kappa shape index (κ1) is 24.2. The van der Waals surface area contributed by atoms with Gasteiger partial charge in [0.25, 0.3) is 0 Å². The molecule has 0 amide bonds. The number of rotatable bonds is 11. The summed E-state index contributed by atoms with van der Waals surface area (Å²) in [7, 11) is 0. The molecule has 0 heterocycles. The van der Waals surface area contributed by atoms with E-state index in [0.717, 1.165) is 37.9 Å². The quantitative estimate of drug-likeness (QED) is 0.341. The van der Waals surface area contributed by atoms with Crippen LogP contribution in [0.1, 0.15) is 87.3 Å². The van der Waals surface area contributed by atoms with E-state index in [1.165, 1.54) is 49.8 Å². The Bertz CT molecular complexity index is 884. The zero-order chi connectivity index (χ0) is 22.8. The van der Waals surface area contributed by atoms with Gasteiger partial charge in [-0.3, -0.25) is 0 Å². The van der Waals surface area contributed by atoms with Gasteiger partial charge in [0.05, 0.1) is 11.7 Å². The highest BCUT2D eigenvalue weighted by molar-refractivity contribution is 5.38. The Morgan fingerprint density at radius 3 is 2.31 bits per heavy atom. The van der Waals surface area contributed by atoms with E-state index in [2.05, 4.69) is 19.1 Å². The lowest BCUT2D eigenvalue weighted by atomic mass is 9.82. The van der Waals surface area contributed by atoms with E-state index in [4.69, 9.17) is 14.7 Å². The van der Waals surface area contributed by atoms with Crippen LogP contribution in [0, 0.1) is 23.0 Å². The molecule has 0 spiro atoms. The lowest BCUT2D eigenvalue weighted by molar-refractivity contribution is 0.0226. The van der Waals surface area contributed by atoms with Crippen molar-refractivity contribution in [2.45, 2.75) is 83.3 Å². The number of hydrogen-bond donors (Lipinski definition) is 0. The average Bonchev–Trinajstić information content (AvgIpc) is 2.83. The lowest BCUT2D eigenvalue weighted by Crippen LogP contribution is -2.21. The topological polar surface area (TPSA) is 42.2 Å². The second kappa shape index (κ2) is 12.6. The standard InChI is InChI=1S/C27H33F2NO2/c1-2-3-4-5-6-17-31-24-14-11-22(12-15-24)21-9-7-20(8-10-21)19-32-25-16-13-23(18-30)26(28)27(25)29/h7-10,13,16,22,24H,2-6,11-12,14-15,17,19H2,1H3/t22-,24-. The van der Waals surface area contributed by atoms with E-state index in [1.54, 1.807) is 6.07 Å². The summed E-state index contributed by atoms with van der Waals surface area (Å²) in [6, 6.07) is 12.3. The molecule has 2 aromatic carbocycles.